The number of carboxylic acids is 1. The van der Waals surface area contributed by atoms with Gasteiger partial charge in [-0.15, -0.1) is 0 Å². The predicted octanol–water partition coefficient (Wildman–Crippen LogP) is 3.28. The number of fused-ring (bicyclic) bond motifs is 1. The number of carbonyl (C=O) groups excluding carboxylic acids is 11. The molecule has 106 heavy (non-hydrogen) atoms. The normalized spacial score (nSPS) is 14.4. The topological polar surface area (TPSA) is 498 Å². The minimum atomic E-state index is -1.79. The van der Waals surface area contributed by atoms with Crippen molar-refractivity contribution in [1.29, 1.82) is 0 Å². The maximum Gasteiger partial charge on any atom is 0.305 e. The van der Waals surface area contributed by atoms with E-state index in [0.717, 1.165) is 36.6 Å². The average molecular weight is 1500 g/mol. The minimum Gasteiger partial charge on any atom is -0.481 e. The van der Waals surface area contributed by atoms with Crippen LogP contribution < -0.4 is 76.1 Å². The fourth-order valence-electron chi connectivity index (χ4n) is 12.0. The number of hydrogen-bond donors (Lipinski definition) is 17. The third-order valence-electron chi connectivity index (χ3n) is 18.2. The van der Waals surface area contributed by atoms with Gasteiger partial charge in [0.2, 0.25) is 65.0 Å². The zero-order valence-corrected chi connectivity index (χ0v) is 64.0. The number of benzene rings is 2. The van der Waals surface area contributed by atoms with Crippen LogP contribution in [-0.4, -0.2) is 184 Å². The number of hydrogen-bond acceptors (Lipinski definition) is 16. The smallest absolute Gasteiger partial charge is 0.305 e. The fourth-order valence-corrected chi connectivity index (χ4v) is 12.5. The SMILES string of the molecule is CCCCCCCCCCCCCCCC(=O)N[C@H](C(=O)N[C@@H](CC(=O)O)C(=O)NCC(=O)N[C@@H](CC(C)C)C(=O)N[C@@H](CCCN=C(N)N)C(=O)N[C@@H](CCCCN)C(=O)N[C@@H](Cc1c[nH]c2ccccc12)C(=O)N[C@@H](CCSC)C(=O)N[C@@H](Cc1ccccc1)C(=O)N[C@H](C(N)=O)[C@@H](C)CC)[C@@H](C)O. The summed E-state index contributed by atoms with van der Waals surface area (Å²) in [5, 5.41) is 47.3. The predicted molar refractivity (Wildman–Crippen MR) is 411 cm³/mol. The van der Waals surface area contributed by atoms with E-state index in [9.17, 15) is 67.7 Å². The third-order valence-corrected chi connectivity index (χ3v) is 18.9. The van der Waals surface area contributed by atoms with Crippen LogP contribution in [0.3, 0.4) is 0 Å². The molecule has 0 fully saturated rings. The second-order valence-corrected chi connectivity index (χ2v) is 28.7. The number of guanidine groups is 1. The molecular formula is C75H122N16O14S. The van der Waals surface area contributed by atoms with Gasteiger partial charge in [0.15, 0.2) is 5.96 Å². The molecule has 30 nitrogen and oxygen atoms in total. The molecule has 0 spiro atoms. The molecule has 0 aliphatic heterocycles. The molecule has 0 aliphatic carbocycles. The van der Waals surface area contributed by atoms with Crippen molar-refractivity contribution in [3.8, 4) is 0 Å². The number of aliphatic hydroxyl groups excluding tert-OH is 1. The van der Waals surface area contributed by atoms with Crippen molar-refractivity contribution >= 4 is 99.6 Å². The molecule has 3 rings (SSSR count). The van der Waals surface area contributed by atoms with Gasteiger partial charge in [0.1, 0.15) is 54.4 Å². The molecule has 3 aromatic rings. The number of nitrogens with one attached hydrogen (secondary N) is 11. The van der Waals surface area contributed by atoms with Crippen molar-refractivity contribution in [3.63, 3.8) is 0 Å². The molecule has 592 valence electrons. The van der Waals surface area contributed by atoms with E-state index in [0.29, 0.717) is 42.6 Å². The van der Waals surface area contributed by atoms with E-state index in [-0.39, 0.29) is 82.3 Å². The molecule has 0 aliphatic rings. The Hall–Kier alpha value is -8.84. The maximum atomic E-state index is 15.0. The first-order valence-corrected chi connectivity index (χ1v) is 39.0. The van der Waals surface area contributed by atoms with Gasteiger partial charge in [-0.05, 0) is 106 Å². The molecule has 1 heterocycles. The standard InChI is InChI=1S/C75H122N16O14S/c1-8-10-11-12-13-14-15-16-17-18-19-20-24-36-61(93)90-65(49(6)92)74(105)89-60(44-63(95)96)67(98)82-46-62(94)83-57(41-47(3)4)71(102)85-55(35-29-39-80-75(78)79)68(99)84-54(34-27-28-38-76)69(100)88-59(43-51-45-81-53-33-26-25-32-52(51)53)72(103)86-56(37-40-106-7)70(101)87-58(42-50-30-22-21-23-31-50)73(104)91-64(66(77)97)48(5)9-2/h21-23,25-26,30-33,45,47-49,54-60,64-65,81,92H,8-20,24,27-29,34-44,46,76H2,1-7H3,(H2,77,97)(H,82,98)(H,83,94)(H,84,99)(H,85,102)(H,86,103)(H,87,101)(H,88,100)(H,89,105)(H,90,93)(H,91,104)(H,95,96)(H4,78,79,80)/t48-,49+,54-,55-,56-,57-,58-,59-,60-,64-,65-/m0/s1. The molecule has 0 radical (unpaired) electrons. The highest BCUT2D eigenvalue weighted by Gasteiger charge is 2.37. The van der Waals surface area contributed by atoms with Gasteiger partial charge in [0.25, 0.3) is 0 Å². The zero-order valence-electron chi connectivity index (χ0n) is 63.2. The lowest BCUT2D eigenvalue weighted by Crippen LogP contribution is -2.61. The van der Waals surface area contributed by atoms with Crippen molar-refractivity contribution in [3.05, 3.63) is 71.9 Å². The van der Waals surface area contributed by atoms with Crippen molar-refractivity contribution in [1.82, 2.24) is 58.2 Å². The lowest BCUT2D eigenvalue weighted by atomic mass is 9.97. The number of unbranched alkanes of at least 4 members (excludes halogenated alkanes) is 13. The molecule has 21 N–H and O–H groups in total. The zero-order chi connectivity index (χ0) is 78.5. The van der Waals surface area contributed by atoms with E-state index in [1.807, 2.05) is 31.4 Å². The number of aliphatic carboxylic acids is 1. The Morgan fingerprint density at radius 3 is 1.57 bits per heavy atom. The number of thioether (sulfide) groups is 1. The summed E-state index contributed by atoms with van der Waals surface area (Å²) in [5.74, 6) is -11.1. The summed E-state index contributed by atoms with van der Waals surface area (Å²) in [6.07, 6.45) is 16.6. The van der Waals surface area contributed by atoms with E-state index >= 15 is 0 Å². The van der Waals surface area contributed by atoms with E-state index in [1.54, 1.807) is 63.4 Å². The Balaban J connectivity index is 1.87. The van der Waals surface area contributed by atoms with Crippen LogP contribution in [0.5, 0.6) is 0 Å². The lowest BCUT2D eigenvalue weighted by Gasteiger charge is -2.28. The van der Waals surface area contributed by atoms with E-state index in [1.165, 1.54) is 70.1 Å². The van der Waals surface area contributed by atoms with Crippen molar-refractivity contribution in [2.24, 2.45) is 39.8 Å². The van der Waals surface area contributed by atoms with E-state index in [4.69, 9.17) is 22.9 Å². The summed E-state index contributed by atoms with van der Waals surface area (Å²) in [7, 11) is 0. The summed E-state index contributed by atoms with van der Waals surface area (Å²) in [4.78, 5) is 174. The van der Waals surface area contributed by atoms with Gasteiger partial charge in [0, 0.05) is 42.9 Å². The second kappa shape index (κ2) is 51.4. The van der Waals surface area contributed by atoms with E-state index < -0.39 is 144 Å². The number of rotatable bonds is 56. The van der Waals surface area contributed by atoms with Crippen molar-refractivity contribution in [2.75, 3.05) is 31.6 Å². The van der Waals surface area contributed by atoms with Crippen LogP contribution in [0.15, 0.2) is 65.8 Å². The van der Waals surface area contributed by atoms with Gasteiger partial charge >= 0.3 is 5.97 Å². The first-order valence-electron chi connectivity index (χ1n) is 37.6. The highest BCUT2D eigenvalue weighted by molar-refractivity contribution is 7.98. The van der Waals surface area contributed by atoms with Gasteiger partial charge < -0.3 is 91.3 Å². The Bertz CT molecular complexity index is 3260. The van der Waals surface area contributed by atoms with Crippen LogP contribution in [0.2, 0.25) is 0 Å². The highest BCUT2D eigenvalue weighted by atomic mass is 32.2. The molecular weight excluding hydrogens is 1380 g/mol. The molecule has 0 saturated carbocycles. The Kier molecular flexibility index (Phi) is 44.3. The van der Waals surface area contributed by atoms with Gasteiger partial charge in [0.05, 0.1) is 19.1 Å². The minimum absolute atomic E-state index is 0.000893. The summed E-state index contributed by atoms with van der Waals surface area (Å²) in [6.45, 7) is 9.95. The molecule has 11 atom stereocenters. The molecule has 0 saturated heterocycles. The quantitative estimate of drug-likeness (QED) is 0.0219. The Morgan fingerprint density at radius 1 is 0.519 bits per heavy atom. The molecule has 0 unspecified atom stereocenters. The largest absolute Gasteiger partial charge is 0.481 e. The highest BCUT2D eigenvalue weighted by Crippen LogP contribution is 2.21. The number of primary amides is 1. The Labute approximate surface area is 628 Å². The van der Waals surface area contributed by atoms with Gasteiger partial charge in [-0.2, -0.15) is 11.8 Å². The number of aliphatic imine (C=N–C) groups is 1. The van der Waals surface area contributed by atoms with Crippen molar-refractivity contribution < 1.29 is 67.7 Å². The van der Waals surface area contributed by atoms with Crippen LogP contribution in [0.1, 0.15) is 200 Å². The number of aliphatic hydroxyl groups is 1. The number of amides is 11. The third kappa shape index (κ3) is 36.0. The number of carboxylic acid groups (broad SMARTS) is 1. The van der Waals surface area contributed by atoms with Crippen LogP contribution in [0, 0.1) is 11.8 Å². The second-order valence-electron chi connectivity index (χ2n) is 27.8. The average Bonchev–Trinajstić information content (AvgIpc) is 1.43. The molecule has 31 heteroatoms. The van der Waals surface area contributed by atoms with Crippen LogP contribution in [0.4, 0.5) is 0 Å². The lowest BCUT2D eigenvalue weighted by molar-refractivity contribution is -0.141. The number of nitrogens with zero attached hydrogens (tertiary/aromatic N) is 1. The van der Waals surface area contributed by atoms with Crippen LogP contribution in [-0.2, 0) is 70.4 Å². The summed E-state index contributed by atoms with van der Waals surface area (Å²) in [5.41, 5.74) is 24.9. The summed E-state index contributed by atoms with van der Waals surface area (Å²) >= 11 is 1.39. The summed E-state index contributed by atoms with van der Waals surface area (Å²) in [6, 6.07) is 3.61. The van der Waals surface area contributed by atoms with Gasteiger partial charge in [-0.25, -0.2) is 0 Å². The van der Waals surface area contributed by atoms with Gasteiger partial charge in [-0.3, -0.25) is 62.5 Å². The van der Waals surface area contributed by atoms with E-state index in [2.05, 4.69) is 70.1 Å². The molecule has 0 bridgehead atoms. The van der Waals surface area contributed by atoms with Crippen LogP contribution >= 0.6 is 11.8 Å². The number of para-hydroxylation sites is 1. The number of carbonyl (C=O) groups is 12. The summed E-state index contributed by atoms with van der Waals surface area (Å²) < 4.78 is 0. The first kappa shape index (κ1) is 91.4. The van der Waals surface area contributed by atoms with Gasteiger partial charge in [-0.1, -0.05) is 167 Å². The number of aromatic amines is 1. The molecule has 1 aromatic heterocycles. The number of aromatic nitrogens is 1. The number of nitrogens with two attached hydrogens (primary N) is 4. The Morgan fingerprint density at radius 2 is 1.03 bits per heavy atom. The fraction of sp³-hybridized carbons (Fsp3) is 0.640. The van der Waals surface area contributed by atoms with Crippen LogP contribution in [0.25, 0.3) is 10.9 Å². The maximum absolute atomic E-state index is 15.0. The number of H-pyrrole nitrogens is 1. The molecule has 2 aromatic carbocycles. The van der Waals surface area contributed by atoms with Crippen molar-refractivity contribution in [2.45, 2.75) is 263 Å². The monoisotopic (exact) mass is 1500 g/mol. The first-order chi connectivity index (χ1) is 50.6. The molecule has 11 amide bonds.